The van der Waals surface area contributed by atoms with Gasteiger partial charge in [0.1, 0.15) is 0 Å². The Labute approximate surface area is 181 Å². The normalized spacial score (nSPS) is 11.5. The van der Waals surface area contributed by atoms with E-state index in [1.807, 2.05) is 60.7 Å². The van der Waals surface area contributed by atoms with Crippen LogP contribution >= 0.6 is 0 Å². The van der Waals surface area contributed by atoms with E-state index in [1.54, 1.807) is 12.1 Å². The number of benzene rings is 3. The molecule has 0 aromatic heterocycles. The van der Waals surface area contributed by atoms with Gasteiger partial charge in [-0.2, -0.15) is 0 Å². The molecule has 3 aromatic rings. The number of amides is 2. The van der Waals surface area contributed by atoms with E-state index < -0.39 is 23.9 Å². The second-order valence-corrected chi connectivity index (χ2v) is 7.14. The van der Waals surface area contributed by atoms with Crippen molar-refractivity contribution in [3.05, 3.63) is 102 Å². The Morgan fingerprint density at radius 2 is 1.35 bits per heavy atom. The van der Waals surface area contributed by atoms with Gasteiger partial charge in [-0.1, -0.05) is 60.7 Å². The lowest BCUT2D eigenvalue weighted by Crippen LogP contribution is -2.30. The summed E-state index contributed by atoms with van der Waals surface area (Å²) in [5, 5.41) is 2.66. The molecule has 0 saturated carbocycles. The van der Waals surface area contributed by atoms with Gasteiger partial charge in [0.05, 0.1) is 6.42 Å². The zero-order valence-corrected chi connectivity index (χ0v) is 17.2. The molecule has 3 rings (SSSR count). The van der Waals surface area contributed by atoms with Crippen LogP contribution in [0.5, 0.6) is 0 Å². The summed E-state index contributed by atoms with van der Waals surface area (Å²) in [6, 6.07) is 25.6. The number of primary amides is 1. The predicted octanol–water partition coefficient (Wildman–Crippen LogP) is 3.88. The summed E-state index contributed by atoms with van der Waals surface area (Å²) in [5.41, 5.74) is 8.02. The minimum atomic E-state index is -0.976. The van der Waals surface area contributed by atoms with Crippen molar-refractivity contribution in [2.24, 2.45) is 5.73 Å². The van der Waals surface area contributed by atoms with Crippen LogP contribution in [0.4, 0.5) is 5.69 Å². The van der Waals surface area contributed by atoms with Crippen LogP contribution in [0, 0.1) is 0 Å². The fourth-order valence-electron chi connectivity index (χ4n) is 3.23. The molecule has 0 radical (unpaired) electrons. The van der Waals surface area contributed by atoms with E-state index in [2.05, 4.69) is 5.32 Å². The fourth-order valence-corrected chi connectivity index (χ4v) is 3.23. The average Bonchev–Trinajstić information content (AvgIpc) is 2.79. The third kappa shape index (κ3) is 6.02. The first-order valence-electron chi connectivity index (χ1n) is 9.94. The molecule has 0 unspecified atom stereocenters. The van der Waals surface area contributed by atoms with Crippen LogP contribution in [0.1, 0.15) is 40.7 Å². The molecule has 31 heavy (non-hydrogen) atoms. The van der Waals surface area contributed by atoms with Crippen LogP contribution in [0.3, 0.4) is 0 Å². The van der Waals surface area contributed by atoms with Gasteiger partial charge < -0.3 is 15.8 Å². The van der Waals surface area contributed by atoms with Crippen LogP contribution < -0.4 is 11.1 Å². The number of ether oxygens (including phenoxy) is 1. The Kier molecular flexibility index (Phi) is 7.17. The van der Waals surface area contributed by atoms with Crippen LogP contribution in [-0.4, -0.2) is 23.9 Å². The molecule has 0 heterocycles. The van der Waals surface area contributed by atoms with Gasteiger partial charge in [0.25, 0.3) is 5.91 Å². The van der Waals surface area contributed by atoms with E-state index in [1.165, 1.54) is 19.1 Å². The maximum atomic E-state index is 12.6. The number of nitrogens with two attached hydrogens (primary N) is 1. The summed E-state index contributed by atoms with van der Waals surface area (Å²) in [7, 11) is 0. The van der Waals surface area contributed by atoms with Crippen molar-refractivity contribution in [1.82, 2.24) is 0 Å². The summed E-state index contributed by atoms with van der Waals surface area (Å²) in [4.78, 5) is 36.2. The summed E-state index contributed by atoms with van der Waals surface area (Å²) < 4.78 is 5.39. The molecular weight excluding hydrogens is 392 g/mol. The van der Waals surface area contributed by atoms with Crippen molar-refractivity contribution in [1.29, 1.82) is 0 Å². The van der Waals surface area contributed by atoms with E-state index >= 15 is 0 Å². The second-order valence-electron chi connectivity index (χ2n) is 7.14. The Morgan fingerprint density at radius 3 is 1.84 bits per heavy atom. The highest BCUT2D eigenvalue weighted by atomic mass is 16.5. The minimum Gasteiger partial charge on any atom is -0.453 e. The summed E-state index contributed by atoms with van der Waals surface area (Å²) in [5.74, 6) is -1.65. The number of hydrogen-bond donors (Lipinski definition) is 2. The zero-order valence-electron chi connectivity index (χ0n) is 17.2. The SMILES string of the molecule is C[C@@H](OC(=O)CC(c1ccccc1)c1ccccc1)C(=O)Nc1ccc(C(N)=O)cc1. The van der Waals surface area contributed by atoms with E-state index in [4.69, 9.17) is 10.5 Å². The summed E-state index contributed by atoms with van der Waals surface area (Å²) in [6.45, 7) is 1.52. The molecule has 6 heteroatoms. The number of hydrogen-bond acceptors (Lipinski definition) is 4. The Hall–Kier alpha value is -3.93. The Morgan fingerprint density at radius 1 is 0.839 bits per heavy atom. The second kappa shape index (κ2) is 10.2. The molecule has 0 spiro atoms. The third-order valence-electron chi connectivity index (χ3n) is 4.89. The van der Waals surface area contributed by atoms with Gasteiger partial charge in [-0.15, -0.1) is 0 Å². The largest absolute Gasteiger partial charge is 0.453 e. The number of nitrogens with one attached hydrogen (secondary N) is 1. The maximum absolute atomic E-state index is 12.6. The molecule has 2 amide bonds. The van der Waals surface area contributed by atoms with Crippen LogP contribution in [0.25, 0.3) is 0 Å². The van der Waals surface area contributed by atoms with Crippen LogP contribution in [0.2, 0.25) is 0 Å². The van der Waals surface area contributed by atoms with E-state index in [0.717, 1.165) is 11.1 Å². The van der Waals surface area contributed by atoms with E-state index in [-0.39, 0.29) is 12.3 Å². The molecule has 0 fully saturated rings. The van der Waals surface area contributed by atoms with Gasteiger partial charge in [0.2, 0.25) is 5.91 Å². The van der Waals surface area contributed by atoms with Crippen LogP contribution in [-0.2, 0) is 14.3 Å². The highest BCUT2D eigenvalue weighted by Gasteiger charge is 2.23. The van der Waals surface area contributed by atoms with Crippen molar-refractivity contribution in [3.63, 3.8) is 0 Å². The standard InChI is InChI=1S/C25H24N2O4/c1-17(25(30)27-21-14-12-20(13-15-21)24(26)29)31-23(28)16-22(18-8-4-2-5-9-18)19-10-6-3-7-11-19/h2-15,17,22H,16H2,1H3,(H2,26,29)(H,27,30)/t17-/m1/s1. The van der Waals surface area contributed by atoms with E-state index in [0.29, 0.717) is 11.3 Å². The van der Waals surface area contributed by atoms with E-state index in [9.17, 15) is 14.4 Å². The first-order chi connectivity index (χ1) is 14.9. The first kappa shape index (κ1) is 21.8. The van der Waals surface area contributed by atoms with Gasteiger partial charge >= 0.3 is 5.97 Å². The van der Waals surface area contributed by atoms with Crippen molar-refractivity contribution in [3.8, 4) is 0 Å². The molecule has 0 bridgehead atoms. The maximum Gasteiger partial charge on any atom is 0.307 e. The number of esters is 1. The molecule has 0 aliphatic carbocycles. The highest BCUT2D eigenvalue weighted by Crippen LogP contribution is 2.28. The van der Waals surface area contributed by atoms with Gasteiger partial charge in [0, 0.05) is 17.2 Å². The van der Waals surface area contributed by atoms with Crippen LogP contribution in [0.15, 0.2) is 84.9 Å². The summed E-state index contributed by atoms with van der Waals surface area (Å²) >= 11 is 0. The fraction of sp³-hybridized carbons (Fsp3) is 0.160. The van der Waals surface area contributed by atoms with Crippen molar-refractivity contribution < 1.29 is 19.1 Å². The molecular formula is C25H24N2O4. The molecule has 3 N–H and O–H groups in total. The number of rotatable bonds is 8. The lowest BCUT2D eigenvalue weighted by Gasteiger charge is -2.19. The first-order valence-corrected chi connectivity index (χ1v) is 9.94. The summed E-state index contributed by atoms with van der Waals surface area (Å²) in [6.07, 6.45) is -0.866. The quantitative estimate of drug-likeness (QED) is 0.545. The lowest BCUT2D eigenvalue weighted by molar-refractivity contribution is -0.153. The average molecular weight is 416 g/mol. The minimum absolute atomic E-state index is 0.110. The lowest BCUT2D eigenvalue weighted by atomic mass is 9.88. The van der Waals surface area contributed by atoms with Gasteiger partial charge in [-0.3, -0.25) is 14.4 Å². The van der Waals surface area contributed by atoms with Gasteiger partial charge in [-0.25, -0.2) is 0 Å². The van der Waals surface area contributed by atoms with Crippen molar-refractivity contribution >= 4 is 23.5 Å². The smallest absolute Gasteiger partial charge is 0.307 e. The molecule has 3 aromatic carbocycles. The number of carbonyl (C=O) groups is 3. The number of carbonyl (C=O) groups excluding carboxylic acids is 3. The Bertz CT molecular complexity index is 995. The van der Waals surface area contributed by atoms with Gasteiger partial charge in [0.15, 0.2) is 6.10 Å². The molecule has 158 valence electrons. The predicted molar refractivity (Wildman–Crippen MR) is 118 cm³/mol. The molecule has 6 nitrogen and oxygen atoms in total. The molecule has 0 saturated heterocycles. The molecule has 0 aliphatic heterocycles. The molecule has 0 aliphatic rings. The van der Waals surface area contributed by atoms with Gasteiger partial charge in [-0.05, 0) is 42.3 Å². The zero-order chi connectivity index (χ0) is 22.2. The van der Waals surface area contributed by atoms with Crippen molar-refractivity contribution in [2.75, 3.05) is 5.32 Å². The Balaban J connectivity index is 1.63. The topological polar surface area (TPSA) is 98.5 Å². The monoisotopic (exact) mass is 416 g/mol. The molecule has 1 atom stereocenters. The third-order valence-corrected chi connectivity index (χ3v) is 4.89. The highest BCUT2D eigenvalue weighted by molar-refractivity contribution is 5.96. The number of anilines is 1. The van der Waals surface area contributed by atoms with Crippen molar-refractivity contribution in [2.45, 2.75) is 25.4 Å².